The van der Waals surface area contributed by atoms with Crippen molar-refractivity contribution in [2.75, 3.05) is 13.1 Å². The average molecular weight is 349 g/mol. The standard InChI is InChI=1S/C20H23N5O/c1-14-6-4-11-21-15(14)10-12-22-20(26)25-13-5-9-18(25)19-23-16-7-2-3-8-17(16)24-19/h2-4,6-8,11,18H,5,9-10,12-13H2,1H3,(H,22,26)(H,23,24)/t18-/m1/s1. The molecule has 1 fully saturated rings. The van der Waals surface area contributed by atoms with E-state index in [4.69, 9.17) is 0 Å². The van der Waals surface area contributed by atoms with Crippen molar-refractivity contribution >= 4 is 17.1 Å². The number of imidazole rings is 1. The summed E-state index contributed by atoms with van der Waals surface area (Å²) in [7, 11) is 0. The molecule has 0 unspecified atom stereocenters. The van der Waals surface area contributed by atoms with Gasteiger partial charge in [-0.1, -0.05) is 18.2 Å². The Morgan fingerprint density at radius 3 is 3.04 bits per heavy atom. The third-order valence-corrected chi connectivity index (χ3v) is 4.99. The van der Waals surface area contributed by atoms with Crippen LogP contribution in [0.2, 0.25) is 0 Å². The topological polar surface area (TPSA) is 73.9 Å². The quantitative estimate of drug-likeness (QED) is 0.758. The molecular formula is C20H23N5O. The first kappa shape index (κ1) is 16.6. The fourth-order valence-corrected chi connectivity index (χ4v) is 3.59. The van der Waals surface area contributed by atoms with Gasteiger partial charge in [0.25, 0.3) is 0 Å². The highest BCUT2D eigenvalue weighted by molar-refractivity contribution is 5.77. The highest BCUT2D eigenvalue weighted by atomic mass is 16.2. The number of carbonyl (C=O) groups excluding carboxylic acids is 1. The molecule has 3 aromatic rings. The van der Waals surface area contributed by atoms with Crippen LogP contribution in [0.3, 0.4) is 0 Å². The minimum atomic E-state index is -0.0264. The van der Waals surface area contributed by atoms with E-state index in [2.05, 4.69) is 20.3 Å². The maximum Gasteiger partial charge on any atom is 0.318 e. The molecule has 6 nitrogen and oxygen atoms in total. The number of carbonyl (C=O) groups is 1. The fourth-order valence-electron chi connectivity index (χ4n) is 3.59. The second-order valence-electron chi connectivity index (χ2n) is 6.74. The van der Waals surface area contributed by atoms with Crippen LogP contribution in [0.25, 0.3) is 11.0 Å². The lowest BCUT2D eigenvalue weighted by molar-refractivity contribution is 0.191. The van der Waals surface area contributed by atoms with Crippen molar-refractivity contribution < 1.29 is 4.79 Å². The van der Waals surface area contributed by atoms with E-state index in [0.29, 0.717) is 6.54 Å². The molecule has 6 heteroatoms. The summed E-state index contributed by atoms with van der Waals surface area (Å²) in [6, 6.07) is 11.9. The Balaban J connectivity index is 1.41. The zero-order chi connectivity index (χ0) is 17.9. The van der Waals surface area contributed by atoms with Crippen LogP contribution in [0, 0.1) is 6.92 Å². The van der Waals surface area contributed by atoms with Crippen molar-refractivity contribution in [1.82, 2.24) is 25.2 Å². The maximum atomic E-state index is 12.7. The number of benzene rings is 1. The average Bonchev–Trinajstić information content (AvgIpc) is 3.29. The highest BCUT2D eigenvalue weighted by Gasteiger charge is 2.32. The van der Waals surface area contributed by atoms with E-state index in [1.807, 2.05) is 48.2 Å². The predicted molar refractivity (Wildman–Crippen MR) is 101 cm³/mol. The summed E-state index contributed by atoms with van der Waals surface area (Å²) in [4.78, 5) is 27.0. The van der Waals surface area contributed by atoms with Gasteiger partial charge in [-0.25, -0.2) is 9.78 Å². The third-order valence-electron chi connectivity index (χ3n) is 4.99. The number of aromatic amines is 1. The van der Waals surface area contributed by atoms with Crippen LogP contribution in [-0.4, -0.2) is 39.0 Å². The maximum absolute atomic E-state index is 12.7. The molecule has 1 atom stereocenters. The number of aryl methyl sites for hydroxylation is 1. The number of amides is 2. The van der Waals surface area contributed by atoms with Crippen molar-refractivity contribution in [2.45, 2.75) is 32.2 Å². The molecule has 1 aliphatic heterocycles. The van der Waals surface area contributed by atoms with E-state index in [9.17, 15) is 4.79 Å². The summed E-state index contributed by atoms with van der Waals surface area (Å²) in [6.07, 6.45) is 4.46. The molecule has 134 valence electrons. The number of aromatic nitrogens is 3. The number of H-pyrrole nitrogens is 1. The van der Waals surface area contributed by atoms with Crippen molar-refractivity contribution in [3.63, 3.8) is 0 Å². The summed E-state index contributed by atoms with van der Waals surface area (Å²) < 4.78 is 0. The van der Waals surface area contributed by atoms with Crippen LogP contribution in [0.15, 0.2) is 42.6 Å². The molecule has 1 saturated heterocycles. The van der Waals surface area contributed by atoms with E-state index in [1.165, 1.54) is 0 Å². The molecule has 1 aromatic carbocycles. The number of hydrogen-bond donors (Lipinski definition) is 2. The Bertz CT molecular complexity index is 886. The highest BCUT2D eigenvalue weighted by Crippen LogP contribution is 2.31. The van der Waals surface area contributed by atoms with E-state index >= 15 is 0 Å². The SMILES string of the molecule is Cc1cccnc1CCNC(=O)N1CCC[C@@H]1c1nc2ccccc2[nH]1. The van der Waals surface area contributed by atoms with Crippen LogP contribution in [-0.2, 0) is 6.42 Å². The Hall–Kier alpha value is -2.89. The van der Waals surface area contributed by atoms with Gasteiger partial charge in [-0.2, -0.15) is 0 Å². The number of nitrogens with one attached hydrogen (secondary N) is 2. The number of pyridine rings is 1. The van der Waals surface area contributed by atoms with Crippen LogP contribution in [0.1, 0.15) is 36.0 Å². The molecule has 3 heterocycles. The van der Waals surface area contributed by atoms with Gasteiger partial charge in [0.2, 0.25) is 0 Å². The van der Waals surface area contributed by atoms with Gasteiger partial charge in [0, 0.05) is 31.4 Å². The lowest BCUT2D eigenvalue weighted by atomic mass is 10.2. The number of nitrogens with zero attached hydrogens (tertiary/aromatic N) is 3. The third kappa shape index (κ3) is 3.27. The molecule has 4 rings (SSSR count). The molecule has 0 aliphatic carbocycles. The Morgan fingerprint density at radius 1 is 1.31 bits per heavy atom. The molecule has 0 spiro atoms. The van der Waals surface area contributed by atoms with Crippen molar-refractivity contribution in [2.24, 2.45) is 0 Å². The Labute approximate surface area is 152 Å². The summed E-state index contributed by atoms with van der Waals surface area (Å²) in [5.41, 5.74) is 4.15. The summed E-state index contributed by atoms with van der Waals surface area (Å²) in [5, 5.41) is 3.04. The molecule has 0 radical (unpaired) electrons. The molecule has 1 aliphatic rings. The Kier molecular flexibility index (Phi) is 4.56. The summed E-state index contributed by atoms with van der Waals surface area (Å²) >= 11 is 0. The summed E-state index contributed by atoms with van der Waals surface area (Å²) in [6.45, 7) is 3.39. The summed E-state index contributed by atoms with van der Waals surface area (Å²) in [5.74, 6) is 0.874. The molecule has 2 N–H and O–H groups in total. The van der Waals surface area contributed by atoms with Crippen molar-refractivity contribution in [3.05, 3.63) is 59.7 Å². The van der Waals surface area contributed by atoms with Crippen LogP contribution < -0.4 is 5.32 Å². The van der Waals surface area contributed by atoms with Crippen LogP contribution in [0.5, 0.6) is 0 Å². The number of para-hydroxylation sites is 2. The molecule has 26 heavy (non-hydrogen) atoms. The van der Waals surface area contributed by atoms with Gasteiger partial charge in [-0.3, -0.25) is 4.98 Å². The first-order valence-corrected chi connectivity index (χ1v) is 9.12. The monoisotopic (exact) mass is 349 g/mol. The van der Waals surface area contributed by atoms with Gasteiger partial charge < -0.3 is 15.2 Å². The number of urea groups is 1. The van der Waals surface area contributed by atoms with Crippen LogP contribution in [0.4, 0.5) is 4.79 Å². The molecule has 2 aromatic heterocycles. The lowest BCUT2D eigenvalue weighted by Crippen LogP contribution is -2.40. The van der Waals surface area contributed by atoms with Gasteiger partial charge >= 0.3 is 6.03 Å². The molecule has 0 saturated carbocycles. The van der Waals surface area contributed by atoms with Gasteiger partial charge in [-0.05, 0) is 43.5 Å². The normalized spacial score (nSPS) is 17.0. The smallest absolute Gasteiger partial charge is 0.318 e. The van der Waals surface area contributed by atoms with E-state index < -0.39 is 0 Å². The fraction of sp³-hybridized carbons (Fsp3) is 0.350. The van der Waals surface area contributed by atoms with E-state index in [1.54, 1.807) is 6.20 Å². The number of rotatable bonds is 4. The minimum absolute atomic E-state index is 0.0130. The van der Waals surface area contributed by atoms with E-state index in [0.717, 1.165) is 53.9 Å². The van der Waals surface area contributed by atoms with Gasteiger partial charge in [0.1, 0.15) is 5.82 Å². The molecule has 2 amide bonds. The number of fused-ring (bicyclic) bond motifs is 1. The van der Waals surface area contributed by atoms with Crippen LogP contribution >= 0.6 is 0 Å². The van der Waals surface area contributed by atoms with Crippen molar-refractivity contribution in [1.29, 1.82) is 0 Å². The minimum Gasteiger partial charge on any atom is -0.340 e. The molecule has 0 bridgehead atoms. The predicted octanol–water partition coefficient (Wildman–Crippen LogP) is 3.36. The zero-order valence-electron chi connectivity index (χ0n) is 14.9. The first-order chi connectivity index (χ1) is 12.7. The van der Waals surface area contributed by atoms with Gasteiger partial charge in [0.05, 0.1) is 17.1 Å². The van der Waals surface area contributed by atoms with E-state index in [-0.39, 0.29) is 12.1 Å². The second kappa shape index (κ2) is 7.15. The number of likely N-dealkylation sites (tertiary alicyclic amines) is 1. The van der Waals surface area contributed by atoms with Crippen molar-refractivity contribution in [3.8, 4) is 0 Å². The second-order valence-corrected chi connectivity index (χ2v) is 6.74. The van der Waals surface area contributed by atoms with Gasteiger partial charge in [0.15, 0.2) is 0 Å². The van der Waals surface area contributed by atoms with Gasteiger partial charge in [-0.15, -0.1) is 0 Å². The molecular weight excluding hydrogens is 326 g/mol. The first-order valence-electron chi connectivity index (χ1n) is 9.12. The largest absolute Gasteiger partial charge is 0.340 e. The lowest BCUT2D eigenvalue weighted by Gasteiger charge is -2.23. The Morgan fingerprint density at radius 2 is 2.19 bits per heavy atom. The zero-order valence-corrected chi connectivity index (χ0v) is 14.9. The number of hydrogen-bond acceptors (Lipinski definition) is 3.